The van der Waals surface area contributed by atoms with Crippen LogP contribution >= 0.6 is 8.60 Å². The van der Waals surface area contributed by atoms with Crippen LogP contribution in [0.1, 0.15) is 96.8 Å². The lowest BCUT2D eigenvalue weighted by molar-refractivity contribution is 0.258. The van der Waals surface area contributed by atoms with Crippen LogP contribution in [-0.4, -0.2) is 6.61 Å². The second kappa shape index (κ2) is 20.5. The van der Waals surface area contributed by atoms with Crippen LogP contribution in [0, 0.1) is 0 Å². The van der Waals surface area contributed by atoms with Crippen molar-refractivity contribution in [2.75, 3.05) is 6.61 Å². The molecule has 0 aliphatic rings. The maximum atomic E-state index is 5.98. The van der Waals surface area contributed by atoms with Gasteiger partial charge in [-0.25, -0.2) is 0 Å². The van der Waals surface area contributed by atoms with Crippen molar-refractivity contribution in [3.8, 4) is 11.5 Å². The first-order valence-corrected chi connectivity index (χ1v) is 14.5. The third-order valence-corrected chi connectivity index (χ3v) is 6.81. The van der Waals surface area contributed by atoms with E-state index in [1.54, 1.807) is 0 Å². The molecule has 0 unspecified atom stereocenters. The molecular formula is C30H45O3P. The number of benzene rings is 2. The van der Waals surface area contributed by atoms with E-state index in [2.05, 4.69) is 19.1 Å². The minimum absolute atomic E-state index is 0.659. The molecule has 0 saturated heterocycles. The number of hydrogen-bond acceptors (Lipinski definition) is 3. The van der Waals surface area contributed by atoms with Gasteiger partial charge in [0.15, 0.2) is 0 Å². The van der Waals surface area contributed by atoms with Crippen molar-refractivity contribution in [2.24, 2.45) is 0 Å². The summed E-state index contributed by atoms with van der Waals surface area (Å²) in [5, 5.41) is 0. The first kappa shape index (κ1) is 28.4. The zero-order valence-electron chi connectivity index (χ0n) is 21.2. The molecule has 0 heterocycles. The van der Waals surface area contributed by atoms with Crippen molar-refractivity contribution in [3.05, 3.63) is 72.8 Å². The van der Waals surface area contributed by atoms with E-state index in [1.807, 2.05) is 60.7 Å². The highest BCUT2D eigenvalue weighted by molar-refractivity contribution is 7.42. The monoisotopic (exact) mass is 484 g/mol. The third-order valence-electron chi connectivity index (χ3n) is 5.70. The zero-order chi connectivity index (χ0) is 23.9. The fourth-order valence-corrected chi connectivity index (χ4v) is 4.70. The Labute approximate surface area is 209 Å². The number of hydrogen-bond donors (Lipinski definition) is 0. The van der Waals surface area contributed by atoms with Gasteiger partial charge in [0.1, 0.15) is 11.5 Å². The van der Waals surface area contributed by atoms with E-state index in [0.29, 0.717) is 6.61 Å². The predicted molar refractivity (Wildman–Crippen MR) is 146 cm³/mol. The average Bonchev–Trinajstić information content (AvgIpc) is 2.87. The van der Waals surface area contributed by atoms with Crippen LogP contribution in [0.3, 0.4) is 0 Å². The first-order chi connectivity index (χ1) is 16.9. The van der Waals surface area contributed by atoms with Crippen LogP contribution in [0.25, 0.3) is 0 Å². The van der Waals surface area contributed by atoms with Crippen LogP contribution in [0.5, 0.6) is 11.5 Å². The molecule has 2 rings (SSSR count). The minimum atomic E-state index is -1.46. The molecule has 0 aliphatic carbocycles. The molecule has 0 atom stereocenters. The van der Waals surface area contributed by atoms with E-state index < -0.39 is 8.60 Å². The van der Waals surface area contributed by atoms with Crippen molar-refractivity contribution in [2.45, 2.75) is 96.8 Å². The van der Waals surface area contributed by atoms with Gasteiger partial charge in [0.2, 0.25) is 0 Å². The first-order valence-electron chi connectivity index (χ1n) is 13.4. The van der Waals surface area contributed by atoms with E-state index in [1.165, 1.54) is 83.5 Å². The van der Waals surface area contributed by atoms with Gasteiger partial charge >= 0.3 is 8.60 Å². The number of para-hydroxylation sites is 2. The van der Waals surface area contributed by atoms with E-state index in [9.17, 15) is 0 Å². The number of unbranched alkanes of at least 4 members (excludes halogenated alkanes) is 12. The summed E-state index contributed by atoms with van der Waals surface area (Å²) in [5.74, 6) is 1.54. The van der Waals surface area contributed by atoms with Crippen molar-refractivity contribution in [1.29, 1.82) is 0 Å². The van der Waals surface area contributed by atoms with Gasteiger partial charge in [-0.15, -0.1) is 0 Å². The SMILES string of the molecule is CCCCCCCC/C=C\CCCCCCCCOP(Oc1ccccc1)Oc1ccccc1. The largest absolute Gasteiger partial charge is 0.463 e. The third kappa shape index (κ3) is 15.1. The highest BCUT2D eigenvalue weighted by Crippen LogP contribution is 2.41. The van der Waals surface area contributed by atoms with Gasteiger partial charge in [-0.2, -0.15) is 0 Å². The Morgan fingerprint density at radius 1 is 0.559 bits per heavy atom. The fourth-order valence-electron chi connectivity index (χ4n) is 3.69. The Morgan fingerprint density at radius 3 is 1.50 bits per heavy atom. The molecule has 0 fully saturated rings. The quantitative estimate of drug-likeness (QED) is 0.100. The number of rotatable bonds is 21. The maximum absolute atomic E-state index is 5.98. The summed E-state index contributed by atoms with van der Waals surface area (Å²) in [5.41, 5.74) is 0. The molecule has 0 aromatic heterocycles. The molecule has 0 amide bonds. The van der Waals surface area contributed by atoms with Gasteiger partial charge in [-0.05, 0) is 56.4 Å². The molecule has 2 aromatic rings. The normalized spacial score (nSPS) is 11.4. The summed E-state index contributed by atoms with van der Waals surface area (Å²) in [6.07, 6.45) is 23.0. The summed E-state index contributed by atoms with van der Waals surface area (Å²) in [6.45, 7) is 2.94. The maximum Gasteiger partial charge on any atom is 0.463 e. The molecule has 0 radical (unpaired) electrons. The summed E-state index contributed by atoms with van der Waals surface area (Å²) in [7, 11) is -1.46. The molecule has 0 N–H and O–H groups in total. The van der Waals surface area contributed by atoms with Crippen molar-refractivity contribution in [3.63, 3.8) is 0 Å². The molecule has 4 heteroatoms. The van der Waals surface area contributed by atoms with Crippen LogP contribution in [-0.2, 0) is 4.52 Å². The zero-order valence-corrected chi connectivity index (χ0v) is 22.1. The van der Waals surface area contributed by atoms with Gasteiger partial charge in [-0.3, -0.25) is 4.52 Å². The lowest BCUT2D eigenvalue weighted by Gasteiger charge is -2.17. The van der Waals surface area contributed by atoms with E-state index in [-0.39, 0.29) is 0 Å². The summed E-state index contributed by atoms with van der Waals surface area (Å²) in [6, 6.07) is 19.5. The smallest absolute Gasteiger partial charge is 0.418 e. The van der Waals surface area contributed by atoms with Gasteiger partial charge in [-0.1, -0.05) is 113 Å². The Morgan fingerprint density at radius 2 is 1.00 bits per heavy atom. The van der Waals surface area contributed by atoms with Gasteiger partial charge in [0.25, 0.3) is 0 Å². The molecule has 0 saturated carbocycles. The summed E-state index contributed by atoms with van der Waals surface area (Å²) >= 11 is 0. The van der Waals surface area contributed by atoms with Crippen LogP contribution < -0.4 is 9.05 Å². The molecule has 3 nitrogen and oxygen atoms in total. The molecule has 188 valence electrons. The van der Waals surface area contributed by atoms with Crippen molar-refractivity contribution >= 4 is 8.60 Å². The van der Waals surface area contributed by atoms with E-state index in [4.69, 9.17) is 13.6 Å². The van der Waals surface area contributed by atoms with Crippen LogP contribution in [0.2, 0.25) is 0 Å². The van der Waals surface area contributed by atoms with Crippen LogP contribution in [0.15, 0.2) is 72.8 Å². The second-order valence-corrected chi connectivity index (χ2v) is 9.87. The topological polar surface area (TPSA) is 27.7 Å². The van der Waals surface area contributed by atoms with Gasteiger partial charge in [0, 0.05) is 0 Å². The fraction of sp³-hybridized carbons (Fsp3) is 0.533. The summed E-state index contributed by atoms with van der Waals surface area (Å²) in [4.78, 5) is 0. The average molecular weight is 485 g/mol. The Kier molecular flexibility index (Phi) is 17.2. The second-order valence-electron chi connectivity index (χ2n) is 8.80. The van der Waals surface area contributed by atoms with Crippen molar-refractivity contribution in [1.82, 2.24) is 0 Å². The minimum Gasteiger partial charge on any atom is -0.418 e. The molecule has 34 heavy (non-hydrogen) atoms. The highest BCUT2D eigenvalue weighted by Gasteiger charge is 2.16. The van der Waals surface area contributed by atoms with Crippen LogP contribution in [0.4, 0.5) is 0 Å². The molecule has 0 spiro atoms. The predicted octanol–water partition coefficient (Wildman–Crippen LogP) is 10.4. The standard InChI is InChI=1S/C30H45O3P/c1-2-3-4-5-6-7-8-9-10-11-12-13-14-15-16-23-28-31-34(32-29-24-19-17-20-25-29)33-30-26-21-18-22-27-30/h9-10,17-22,24-27H,2-8,11-16,23,28H2,1H3/b10-9-. The lowest BCUT2D eigenvalue weighted by atomic mass is 10.1. The Bertz CT molecular complexity index is 679. The van der Waals surface area contributed by atoms with Gasteiger partial charge in [0.05, 0.1) is 6.61 Å². The van der Waals surface area contributed by atoms with E-state index in [0.717, 1.165) is 17.9 Å². The van der Waals surface area contributed by atoms with Crippen molar-refractivity contribution < 1.29 is 13.6 Å². The van der Waals surface area contributed by atoms with E-state index >= 15 is 0 Å². The number of allylic oxidation sites excluding steroid dienone is 2. The lowest BCUT2D eigenvalue weighted by Crippen LogP contribution is -2.01. The molecule has 2 aromatic carbocycles. The molecule has 0 bridgehead atoms. The molecular weight excluding hydrogens is 439 g/mol. The van der Waals surface area contributed by atoms with Gasteiger partial charge < -0.3 is 9.05 Å². The Hall–Kier alpha value is -1.83. The highest BCUT2D eigenvalue weighted by atomic mass is 31.2. The summed E-state index contributed by atoms with van der Waals surface area (Å²) < 4.78 is 17.9. The Balaban J connectivity index is 1.48. The molecule has 0 aliphatic heterocycles.